The topological polar surface area (TPSA) is 140 Å². The third kappa shape index (κ3) is 4.51. The molecule has 10 heteroatoms. The summed E-state index contributed by atoms with van der Waals surface area (Å²) >= 11 is 1.47. The number of methoxy groups -OCH3 is 1. The fourth-order valence-electron chi connectivity index (χ4n) is 6.09. The lowest BCUT2D eigenvalue weighted by atomic mass is 9.68. The van der Waals surface area contributed by atoms with Crippen molar-refractivity contribution in [2.45, 2.75) is 64.7 Å². The molecule has 0 saturated heterocycles. The highest BCUT2D eigenvalue weighted by molar-refractivity contribution is 7.16. The second kappa shape index (κ2) is 9.97. The number of ether oxygens (including phenoxy) is 1. The number of benzene rings is 1. The quantitative estimate of drug-likeness (QED) is 0.224. The molecule has 0 radical (unpaired) electrons. The van der Waals surface area contributed by atoms with Crippen LogP contribution in [-0.2, 0) is 22.4 Å². The highest BCUT2D eigenvalue weighted by Crippen LogP contribution is 2.53. The van der Waals surface area contributed by atoms with Crippen LogP contribution in [0, 0.1) is 26.9 Å². The van der Waals surface area contributed by atoms with Crippen molar-refractivity contribution in [3.8, 4) is 6.07 Å². The molecule has 0 bridgehead atoms. The van der Waals surface area contributed by atoms with Gasteiger partial charge in [0.05, 0.1) is 35.2 Å². The standard InChI is InChI=1S/C29H30N4O5S/c1-29(2)13-20-25(21(34)14-29)23(16-8-7-9-17(12-16)33(36)37)19(15-30)26(31)32(20)27-24(28(35)38-3)18-10-5-4-6-11-22(18)39-27/h7-9,12,23H,4-6,10-11,13-14,31H2,1-3H3/t23-/m1/s1. The molecule has 202 valence electrons. The van der Waals surface area contributed by atoms with Gasteiger partial charge in [0.25, 0.3) is 5.69 Å². The molecule has 3 aliphatic rings. The summed E-state index contributed by atoms with van der Waals surface area (Å²) in [5.74, 6) is -1.33. The Balaban J connectivity index is 1.80. The lowest BCUT2D eigenvalue weighted by Crippen LogP contribution is -2.42. The SMILES string of the molecule is COC(=O)c1c(N2C(N)=C(C#N)[C@@H](c3cccc([N+](=O)[O-])c3)C3=C2CC(C)(C)CC3=O)sc2c1CCCCC2. The van der Waals surface area contributed by atoms with E-state index < -0.39 is 22.2 Å². The van der Waals surface area contributed by atoms with E-state index in [9.17, 15) is 25.0 Å². The van der Waals surface area contributed by atoms with E-state index in [0.717, 1.165) is 42.5 Å². The normalized spacial score (nSPS) is 20.6. The number of carbonyl (C=O) groups excluding carboxylic acids is 2. The van der Waals surface area contributed by atoms with Crippen molar-refractivity contribution in [2.24, 2.45) is 11.1 Å². The van der Waals surface area contributed by atoms with E-state index in [1.54, 1.807) is 17.0 Å². The van der Waals surface area contributed by atoms with Gasteiger partial charge in [-0.2, -0.15) is 5.26 Å². The predicted octanol–water partition coefficient (Wildman–Crippen LogP) is 5.65. The third-order valence-electron chi connectivity index (χ3n) is 7.79. The maximum atomic E-state index is 13.8. The Bertz CT molecular complexity index is 1510. The average Bonchev–Trinajstić information content (AvgIpc) is 3.08. The van der Waals surface area contributed by atoms with Gasteiger partial charge in [-0.3, -0.25) is 19.8 Å². The van der Waals surface area contributed by atoms with Crippen LogP contribution in [0.25, 0.3) is 0 Å². The van der Waals surface area contributed by atoms with Crippen LogP contribution in [0.1, 0.15) is 78.2 Å². The molecule has 0 spiro atoms. The first-order valence-electron chi connectivity index (χ1n) is 13.0. The zero-order valence-electron chi connectivity index (χ0n) is 22.2. The number of anilines is 1. The minimum Gasteiger partial charge on any atom is -0.465 e. The number of ketones is 1. The Kier molecular flexibility index (Phi) is 6.81. The molecule has 2 aromatic rings. The van der Waals surface area contributed by atoms with E-state index >= 15 is 0 Å². The number of non-ortho nitro benzene ring substituents is 1. The number of nitrogens with zero attached hydrogens (tertiary/aromatic N) is 3. The molecule has 0 amide bonds. The summed E-state index contributed by atoms with van der Waals surface area (Å²) in [4.78, 5) is 40.9. The molecule has 5 rings (SSSR count). The second-order valence-corrected chi connectivity index (χ2v) is 12.2. The van der Waals surface area contributed by atoms with Gasteiger partial charge >= 0.3 is 5.97 Å². The molecule has 0 saturated carbocycles. The van der Waals surface area contributed by atoms with E-state index in [-0.39, 0.29) is 29.3 Å². The van der Waals surface area contributed by atoms with E-state index in [1.807, 2.05) is 13.8 Å². The van der Waals surface area contributed by atoms with Crippen LogP contribution in [0.5, 0.6) is 0 Å². The van der Waals surface area contributed by atoms with Gasteiger partial charge in [-0.15, -0.1) is 11.3 Å². The number of nitriles is 1. The highest BCUT2D eigenvalue weighted by Gasteiger charge is 2.46. The van der Waals surface area contributed by atoms with Gasteiger partial charge in [-0.05, 0) is 48.6 Å². The lowest BCUT2D eigenvalue weighted by molar-refractivity contribution is -0.384. The minimum absolute atomic E-state index is 0.125. The number of allylic oxidation sites excluding steroid dienone is 3. The summed E-state index contributed by atoms with van der Waals surface area (Å²) < 4.78 is 5.22. The molecule has 1 atom stereocenters. The number of fused-ring (bicyclic) bond motifs is 1. The number of thiophene rings is 1. The van der Waals surface area contributed by atoms with Crippen molar-refractivity contribution >= 4 is 33.8 Å². The fourth-order valence-corrected chi connectivity index (χ4v) is 7.51. The molecule has 1 aliphatic heterocycles. The van der Waals surface area contributed by atoms with Crippen LogP contribution in [0.15, 0.2) is 46.9 Å². The molecule has 1 aromatic heterocycles. The predicted molar refractivity (Wildman–Crippen MR) is 147 cm³/mol. The van der Waals surface area contributed by atoms with E-state index in [2.05, 4.69) is 6.07 Å². The summed E-state index contributed by atoms with van der Waals surface area (Å²) in [7, 11) is 1.35. The number of nitrogens with two attached hydrogens (primary N) is 1. The molecular weight excluding hydrogens is 516 g/mol. The zero-order chi connectivity index (χ0) is 28.1. The van der Waals surface area contributed by atoms with Crippen LogP contribution >= 0.6 is 11.3 Å². The zero-order valence-corrected chi connectivity index (χ0v) is 23.0. The van der Waals surface area contributed by atoms with Gasteiger partial charge in [0, 0.05) is 34.7 Å². The van der Waals surface area contributed by atoms with Crippen LogP contribution in [-0.4, -0.2) is 23.8 Å². The van der Waals surface area contributed by atoms with E-state index in [1.165, 1.54) is 30.6 Å². The molecule has 0 unspecified atom stereocenters. The maximum absolute atomic E-state index is 13.8. The van der Waals surface area contributed by atoms with Crippen LogP contribution in [0.3, 0.4) is 0 Å². The molecule has 2 heterocycles. The van der Waals surface area contributed by atoms with Crippen molar-refractivity contribution in [1.29, 1.82) is 5.26 Å². The smallest absolute Gasteiger partial charge is 0.341 e. The van der Waals surface area contributed by atoms with Gasteiger partial charge in [-0.1, -0.05) is 32.4 Å². The van der Waals surface area contributed by atoms with Crippen LogP contribution in [0.2, 0.25) is 0 Å². The van der Waals surface area contributed by atoms with Gasteiger partial charge < -0.3 is 10.5 Å². The molecular formula is C29H30N4O5S. The summed E-state index contributed by atoms with van der Waals surface area (Å²) in [5.41, 5.74) is 9.27. The second-order valence-electron chi connectivity index (χ2n) is 11.1. The van der Waals surface area contributed by atoms with Gasteiger partial charge in [-0.25, -0.2) is 4.79 Å². The van der Waals surface area contributed by atoms with E-state index in [0.29, 0.717) is 33.8 Å². The molecule has 9 nitrogen and oxygen atoms in total. The first-order valence-corrected chi connectivity index (χ1v) is 13.8. The fraction of sp³-hybridized carbons (Fsp3) is 0.414. The van der Waals surface area contributed by atoms with Crippen molar-refractivity contribution < 1.29 is 19.2 Å². The Morgan fingerprint density at radius 3 is 2.69 bits per heavy atom. The molecule has 1 aromatic carbocycles. The first kappa shape index (κ1) is 26.6. The van der Waals surface area contributed by atoms with Gasteiger partial charge in [0.2, 0.25) is 0 Å². The Morgan fingerprint density at radius 1 is 1.26 bits per heavy atom. The average molecular weight is 547 g/mol. The van der Waals surface area contributed by atoms with Crippen LogP contribution < -0.4 is 10.6 Å². The third-order valence-corrected chi connectivity index (χ3v) is 9.07. The minimum atomic E-state index is -0.843. The lowest BCUT2D eigenvalue weighted by Gasteiger charge is -2.43. The number of hydrogen-bond acceptors (Lipinski definition) is 9. The number of rotatable bonds is 4. The number of carbonyl (C=O) groups is 2. The summed E-state index contributed by atoms with van der Waals surface area (Å²) in [5, 5.41) is 22.5. The Labute approximate surface area is 230 Å². The largest absolute Gasteiger partial charge is 0.465 e. The first-order chi connectivity index (χ1) is 18.6. The Hall–Kier alpha value is -3.97. The number of nitro benzene ring substituents is 1. The summed E-state index contributed by atoms with van der Waals surface area (Å²) in [6, 6.07) is 8.21. The molecule has 2 N–H and O–H groups in total. The number of aryl methyl sites for hydroxylation is 1. The number of esters is 1. The molecule has 39 heavy (non-hydrogen) atoms. The van der Waals surface area contributed by atoms with Crippen molar-refractivity contribution in [3.05, 3.63) is 78.6 Å². The highest BCUT2D eigenvalue weighted by atomic mass is 32.1. The van der Waals surface area contributed by atoms with Gasteiger partial charge in [0.15, 0.2) is 5.78 Å². The monoisotopic (exact) mass is 546 g/mol. The molecule has 0 fully saturated rings. The summed E-state index contributed by atoms with van der Waals surface area (Å²) in [6.45, 7) is 4.00. The number of nitro groups is 1. The van der Waals surface area contributed by atoms with Crippen molar-refractivity contribution in [2.75, 3.05) is 12.0 Å². The van der Waals surface area contributed by atoms with Crippen molar-refractivity contribution in [1.82, 2.24) is 0 Å². The van der Waals surface area contributed by atoms with E-state index in [4.69, 9.17) is 10.5 Å². The molecule has 2 aliphatic carbocycles. The summed E-state index contributed by atoms with van der Waals surface area (Å²) in [6.07, 6.45) is 5.35. The van der Waals surface area contributed by atoms with Crippen molar-refractivity contribution in [3.63, 3.8) is 0 Å². The number of hydrogen-bond donors (Lipinski definition) is 1. The maximum Gasteiger partial charge on any atom is 0.341 e. The Morgan fingerprint density at radius 2 is 2.00 bits per heavy atom. The number of Topliss-reactive ketones (excluding diaryl/α,β-unsaturated/α-hetero) is 1. The van der Waals surface area contributed by atoms with Gasteiger partial charge in [0.1, 0.15) is 10.8 Å². The van der Waals surface area contributed by atoms with Crippen LogP contribution in [0.4, 0.5) is 10.7 Å².